The molecule has 50 heavy (non-hydrogen) atoms. The molecule has 0 unspecified atom stereocenters. The number of nitrogen functional groups attached to an aromatic ring is 1. The Bertz CT molecular complexity index is 2450. The van der Waals surface area contributed by atoms with Crippen LogP contribution in [-0.4, -0.2) is 31.2 Å². The van der Waals surface area contributed by atoms with Gasteiger partial charge in [-0.15, -0.1) is 0 Å². The number of pyridine rings is 2. The van der Waals surface area contributed by atoms with Crippen LogP contribution in [0.1, 0.15) is 0 Å². The summed E-state index contributed by atoms with van der Waals surface area (Å²) in [6.07, 6.45) is 7.55. The second-order valence-corrected chi connectivity index (χ2v) is 11.6. The van der Waals surface area contributed by atoms with Crippen molar-refractivity contribution in [3.05, 3.63) is 158 Å². The van der Waals surface area contributed by atoms with Crippen LogP contribution in [-0.2, 0) is 4.79 Å². The largest absolute Gasteiger partial charge is 0.399 e. The van der Waals surface area contributed by atoms with Crippen LogP contribution in [0.25, 0.3) is 56.1 Å². The molecule has 0 aliphatic heterocycles. The van der Waals surface area contributed by atoms with E-state index in [2.05, 4.69) is 15.3 Å². The first-order valence-corrected chi connectivity index (χ1v) is 15.8. The smallest absolute Gasteiger partial charge is 0.236 e. The third kappa shape index (κ3) is 6.90. The molecular weight excluding hydrogens is 632 g/mol. The maximum absolute atomic E-state index is 13.1. The first-order chi connectivity index (χ1) is 24.3. The quantitative estimate of drug-likeness (QED) is 0.149. The number of benzene rings is 4. The molecule has 0 saturated heterocycles. The lowest BCUT2D eigenvalue weighted by molar-refractivity contribution is -0.116. The zero-order valence-corrected chi connectivity index (χ0v) is 26.7. The highest BCUT2D eigenvalue weighted by atomic mass is 19.1. The molecule has 4 heterocycles. The summed E-state index contributed by atoms with van der Waals surface area (Å²) in [5.41, 5.74) is 22.0. The maximum Gasteiger partial charge on any atom is 0.236 e. The number of anilines is 2. The molecule has 10 heteroatoms. The van der Waals surface area contributed by atoms with Crippen LogP contribution >= 0.6 is 0 Å². The highest BCUT2D eigenvalue weighted by molar-refractivity contribution is 5.79. The number of nitrogens with zero attached hydrogens (tertiary/aromatic N) is 4. The van der Waals surface area contributed by atoms with Gasteiger partial charge in [0.05, 0.1) is 30.3 Å². The molecule has 0 atom stereocenters. The van der Waals surface area contributed by atoms with Crippen molar-refractivity contribution in [2.75, 3.05) is 17.6 Å². The van der Waals surface area contributed by atoms with Crippen molar-refractivity contribution in [1.82, 2.24) is 18.8 Å². The van der Waals surface area contributed by atoms with Crippen LogP contribution in [0, 0.1) is 11.6 Å². The summed E-state index contributed by atoms with van der Waals surface area (Å²) in [6, 6.07) is 36.2. The number of hydrogen-bond donors (Lipinski definition) is 3. The molecule has 0 fully saturated rings. The number of halogens is 2. The lowest BCUT2D eigenvalue weighted by Crippen LogP contribution is -2.21. The van der Waals surface area contributed by atoms with Gasteiger partial charge in [-0.05, 0) is 95.1 Å². The zero-order chi connectivity index (χ0) is 34.6. The average Bonchev–Trinajstić information content (AvgIpc) is 3.76. The van der Waals surface area contributed by atoms with Crippen molar-refractivity contribution < 1.29 is 13.6 Å². The Morgan fingerprint density at radius 2 is 1.10 bits per heavy atom. The van der Waals surface area contributed by atoms with Gasteiger partial charge in [-0.2, -0.15) is 0 Å². The van der Waals surface area contributed by atoms with Gasteiger partial charge < -0.3 is 16.8 Å². The zero-order valence-electron chi connectivity index (χ0n) is 26.7. The van der Waals surface area contributed by atoms with Gasteiger partial charge in [-0.3, -0.25) is 13.6 Å². The van der Waals surface area contributed by atoms with Crippen molar-refractivity contribution in [1.29, 1.82) is 0 Å². The highest BCUT2D eigenvalue weighted by Gasteiger charge is 2.10. The summed E-state index contributed by atoms with van der Waals surface area (Å²) in [5, 5.41) is 2.99. The van der Waals surface area contributed by atoms with Crippen LogP contribution in [0.2, 0.25) is 0 Å². The van der Waals surface area contributed by atoms with Gasteiger partial charge in [0.25, 0.3) is 0 Å². The monoisotopic (exact) mass is 663 g/mol. The Morgan fingerprint density at radius 3 is 1.60 bits per heavy atom. The molecule has 4 aromatic heterocycles. The van der Waals surface area contributed by atoms with Gasteiger partial charge in [0.15, 0.2) is 0 Å². The fraction of sp³-hybridized carbons (Fsp3) is 0.0250. The van der Waals surface area contributed by atoms with Gasteiger partial charge in [0.1, 0.15) is 22.9 Å². The summed E-state index contributed by atoms with van der Waals surface area (Å²) in [7, 11) is 0. The number of imidazole rings is 2. The molecular formula is C40H31F2N7O. The van der Waals surface area contributed by atoms with Crippen LogP contribution in [0.4, 0.5) is 20.2 Å². The third-order valence-corrected chi connectivity index (χ3v) is 8.19. The minimum absolute atomic E-state index is 0.0810. The molecule has 0 spiro atoms. The summed E-state index contributed by atoms with van der Waals surface area (Å²) in [4.78, 5) is 19.9. The van der Waals surface area contributed by atoms with Crippen molar-refractivity contribution >= 4 is 28.6 Å². The summed E-state index contributed by atoms with van der Waals surface area (Å²) >= 11 is 0. The number of carbonyl (C=O) groups excluding carboxylic acids is 1. The number of amides is 1. The lowest BCUT2D eigenvalue weighted by Gasteiger charge is -2.08. The van der Waals surface area contributed by atoms with Gasteiger partial charge in [0, 0.05) is 34.9 Å². The van der Waals surface area contributed by atoms with Gasteiger partial charge in [-0.1, -0.05) is 48.5 Å². The summed E-state index contributed by atoms with van der Waals surface area (Å²) in [6.45, 7) is 0.0810. The third-order valence-electron chi connectivity index (χ3n) is 8.19. The topological polar surface area (TPSA) is 116 Å². The summed E-state index contributed by atoms with van der Waals surface area (Å²) in [5.74, 6) is -0.907. The van der Waals surface area contributed by atoms with E-state index in [0.29, 0.717) is 0 Å². The molecule has 0 radical (unpaired) electrons. The lowest BCUT2D eigenvalue weighted by atomic mass is 10.1. The molecule has 1 amide bonds. The van der Waals surface area contributed by atoms with Crippen molar-refractivity contribution in [2.45, 2.75) is 0 Å². The first kappa shape index (κ1) is 31.8. The van der Waals surface area contributed by atoms with E-state index in [4.69, 9.17) is 11.5 Å². The SMILES string of the molecule is NC(=O)CNc1cccc(-c2cnc3cc(-c4ccc(F)cc4)ccn23)c1.Nc1cccc(-c2cnc3cc(-c4ccc(F)cc4)ccn23)c1. The molecule has 0 bridgehead atoms. The standard InChI is InChI=1S/C21H17FN4O.C19H14FN3/c22-17-6-4-14(5-7-17)15-8-9-26-19(12-25-21(26)11-15)16-2-1-3-18(10-16)24-13-20(23)27;20-16-6-4-13(5-7-16)14-8-9-23-18(12-22-19(23)11-14)15-2-1-3-17(21)10-15/h1-12,24H,13H2,(H2,23,27);1-12H,21H2. The molecule has 246 valence electrons. The van der Waals surface area contributed by atoms with E-state index in [-0.39, 0.29) is 18.2 Å². The number of fused-ring (bicyclic) bond motifs is 2. The number of primary amides is 1. The normalized spacial score (nSPS) is 10.9. The van der Waals surface area contributed by atoms with E-state index in [1.807, 2.05) is 100 Å². The number of nitrogens with two attached hydrogens (primary N) is 2. The van der Waals surface area contributed by atoms with Gasteiger partial charge in [0.2, 0.25) is 5.91 Å². The number of hydrogen-bond acceptors (Lipinski definition) is 5. The maximum atomic E-state index is 13.1. The van der Waals surface area contributed by atoms with Crippen molar-refractivity contribution in [3.63, 3.8) is 0 Å². The minimum atomic E-state index is -0.413. The van der Waals surface area contributed by atoms with Crippen LogP contribution in [0.3, 0.4) is 0 Å². The Labute approximate surface area is 286 Å². The number of carbonyl (C=O) groups is 1. The number of rotatable bonds is 7. The van der Waals surface area contributed by atoms with Crippen LogP contribution < -0.4 is 16.8 Å². The fourth-order valence-corrected chi connectivity index (χ4v) is 5.71. The predicted molar refractivity (Wildman–Crippen MR) is 194 cm³/mol. The number of nitrogens with one attached hydrogen (secondary N) is 1. The Hall–Kier alpha value is -6.81. The molecule has 4 aromatic carbocycles. The van der Waals surface area contributed by atoms with Gasteiger partial charge in [-0.25, -0.2) is 18.7 Å². The molecule has 0 aliphatic carbocycles. The van der Waals surface area contributed by atoms with E-state index in [9.17, 15) is 13.6 Å². The minimum Gasteiger partial charge on any atom is -0.399 e. The Morgan fingerprint density at radius 1 is 0.600 bits per heavy atom. The van der Waals surface area contributed by atoms with Crippen LogP contribution in [0.15, 0.2) is 146 Å². The van der Waals surface area contributed by atoms with Gasteiger partial charge >= 0.3 is 0 Å². The summed E-state index contributed by atoms with van der Waals surface area (Å²) < 4.78 is 30.2. The Kier molecular flexibility index (Phi) is 8.73. The van der Waals surface area contributed by atoms with E-state index in [1.165, 1.54) is 24.3 Å². The average molecular weight is 664 g/mol. The highest BCUT2D eigenvalue weighted by Crippen LogP contribution is 2.28. The molecule has 0 saturated carbocycles. The van der Waals surface area contributed by atoms with Crippen LogP contribution in [0.5, 0.6) is 0 Å². The fourth-order valence-electron chi connectivity index (χ4n) is 5.71. The Balaban J connectivity index is 0.000000159. The molecule has 8 aromatic rings. The second-order valence-electron chi connectivity index (χ2n) is 11.6. The van der Waals surface area contributed by atoms with E-state index in [1.54, 1.807) is 30.5 Å². The van der Waals surface area contributed by atoms with E-state index < -0.39 is 5.91 Å². The van der Waals surface area contributed by atoms with Crippen molar-refractivity contribution in [3.8, 4) is 44.8 Å². The predicted octanol–water partition coefficient (Wildman–Crippen LogP) is 8.09. The first-order valence-electron chi connectivity index (χ1n) is 15.8. The second kappa shape index (κ2) is 13.7. The molecule has 8 rings (SSSR count). The molecule has 8 nitrogen and oxygen atoms in total. The van der Waals surface area contributed by atoms with E-state index >= 15 is 0 Å². The molecule has 5 N–H and O–H groups in total. The van der Waals surface area contributed by atoms with E-state index in [0.717, 1.165) is 67.4 Å². The molecule has 0 aliphatic rings. The van der Waals surface area contributed by atoms with Crippen molar-refractivity contribution in [2.24, 2.45) is 5.73 Å². The number of aromatic nitrogens is 4.